The van der Waals surface area contributed by atoms with Crippen LogP contribution >= 0.6 is 11.6 Å². The van der Waals surface area contributed by atoms with Crippen LogP contribution in [0.2, 0.25) is 5.02 Å². The molecule has 0 amide bonds. The first-order valence-corrected chi connectivity index (χ1v) is 8.43. The molecule has 1 atom stereocenters. The number of hydrogen-bond acceptors (Lipinski definition) is 1. The van der Waals surface area contributed by atoms with Crippen LogP contribution in [-0.2, 0) is 11.3 Å². The third-order valence-electron chi connectivity index (χ3n) is 4.51. The summed E-state index contributed by atoms with van der Waals surface area (Å²) in [5, 5.41) is 11.1. The number of hydrogen-bond donors (Lipinski definition) is 1. The molecule has 0 radical (unpaired) electrons. The number of fused-ring (bicyclic) bond motifs is 1. The van der Waals surface area contributed by atoms with Crippen LogP contribution < -0.4 is 0 Å². The van der Waals surface area contributed by atoms with Crippen LogP contribution in [0.4, 0.5) is 0 Å². The van der Waals surface area contributed by atoms with Crippen LogP contribution in [-0.4, -0.2) is 15.6 Å². The molecule has 1 heterocycles. The summed E-state index contributed by atoms with van der Waals surface area (Å²) in [5.74, 6) is -1.45. The molecule has 1 aromatic heterocycles. The minimum Gasteiger partial charge on any atom is -0.481 e. The summed E-state index contributed by atoms with van der Waals surface area (Å²) in [7, 11) is 0. The van der Waals surface area contributed by atoms with Gasteiger partial charge in [-0.1, -0.05) is 41.4 Å². The van der Waals surface area contributed by atoms with Gasteiger partial charge in [-0.15, -0.1) is 0 Å². The summed E-state index contributed by atoms with van der Waals surface area (Å²) in [5.41, 5.74) is 5.00. The molecule has 0 aliphatic rings. The molecule has 1 unspecified atom stereocenters. The molecule has 3 rings (SSSR count). The fraction of sp³-hybridized carbons (Fsp3) is 0.250. The lowest BCUT2D eigenvalue weighted by molar-refractivity contribution is -0.138. The zero-order chi connectivity index (χ0) is 17.4. The van der Waals surface area contributed by atoms with Crippen LogP contribution in [0.25, 0.3) is 22.2 Å². The molecule has 0 fully saturated rings. The van der Waals surface area contributed by atoms with Gasteiger partial charge in [0.1, 0.15) is 0 Å². The standard InChI is InChI=1S/C20H20ClNO2/c1-4-22-17-10-9-15(21)11-16(17)18(13(3)20(23)24)19(22)14-7-5-12(2)6-8-14/h5-11,13H,4H2,1-3H3,(H,23,24). The number of halogens is 1. The van der Waals surface area contributed by atoms with Crippen LogP contribution in [0.15, 0.2) is 42.5 Å². The van der Waals surface area contributed by atoms with Crippen LogP contribution in [0.5, 0.6) is 0 Å². The van der Waals surface area contributed by atoms with Gasteiger partial charge in [0.25, 0.3) is 0 Å². The second kappa shape index (κ2) is 6.33. The minimum absolute atomic E-state index is 0.616. The molecule has 0 bridgehead atoms. The maximum atomic E-state index is 11.7. The fourth-order valence-electron chi connectivity index (χ4n) is 3.27. The largest absolute Gasteiger partial charge is 0.481 e. The van der Waals surface area contributed by atoms with Gasteiger partial charge in [-0.3, -0.25) is 4.79 Å². The van der Waals surface area contributed by atoms with E-state index in [-0.39, 0.29) is 0 Å². The Morgan fingerprint density at radius 3 is 2.46 bits per heavy atom. The van der Waals surface area contributed by atoms with Crippen molar-refractivity contribution in [2.24, 2.45) is 0 Å². The zero-order valence-electron chi connectivity index (χ0n) is 14.0. The Morgan fingerprint density at radius 1 is 1.21 bits per heavy atom. The topological polar surface area (TPSA) is 42.2 Å². The molecule has 124 valence electrons. The van der Waals surface area contributed by atoms with E-state index in [4.69, 9.17) is 11.6 Å². The SMILES string of the molecule is CCn1c(-c2ccc(C)cc2)c(C(C)C(=O)O)c2cc(Cl)ccc21. The lowest BCUT2D eigenvalue weighted by atomic mass is 9.94. The lowest BCUT2D eigenvalue weighted by Crippen LogP contribution is -2.09. The molecule has 0 aliphatic carbocycles. The summed E-state index contributed by atoms with van der Waals surface area (Å²) in [6, 6.07) is 13.9. The number of carboxylic acids is 1. The van der Waals surface area contributed by atoms with E-state index in [1.54, 1.807) is 6.92 Å². The van der Waals surface area contributed by atoms with Gasteiger partial charge in [-0.05, 0) is 50.1 Å². The van der Waals surface area contributed by atoms with E-state index in [1.165, 1.54) is 5.56 Å². The molecular formula is C20H20ClNO2. The summed E-state index contributed by atoms with van der Waals surface area (Å²) in [4.78, 5) is 11.7. The number of benzene rings is 2. The van der Waals surface area contributed by atoms with Crippen molar-refractivity contribution in [1.29, 1.82) is 0 Å². The second-order valence-corrected chi connectivity index (χ2v) is 6.53. The van der Waals surface area contributed by atoms with E-state index in [9.17, 15) is 9.90 Å². The van der Waals surface area contributed by atoms with Gasteiger partial charge in [-0.25, -0.2) is 0 Å². The maximum absolute atomic E-state index is 11.7. The minimum atomic E-state index is -0.835. The molecule has 0 saturated heterocycles. The number of carbonyl (C=O) groups is 1. The lowest BCUT2D eigenvalue weighted by Gasteiger charge is -2.13. The van der Waals surface area contributed by atoms with E-state index >= 15 is 0 Å². The average molecular weight is 342 g/mol. The highest BCUT2D eigenvalue weighted by atomic mass is 35.5. The number of aliphatic carboxylic acids is 1. The van der Waals surface area contributed by atoms with E-state index in [0.29, 0.717) is 5.02 Å². The molecule has 1 N–H and O–H groups in total. The van der Waals surface area contributed by atoms with Gasteiger partial charge in [0.2, 0.25) is 0 Å². The monoisotopic (exact) mass is 341 g/mol. The predicted molar refractivity (Wildman–Crippen MR) is 98.8 cm³/mol. The molecule has 4 heteroatoms. The second-order valence-electron chi connectivity index (χ2n) is 6.09. The third-order valence-corrected chi connectivity index (χ3v) is 4.74. The van der Waals surface area contributed by atoms with Crippen molar-refractivity contribution in [3.05, 3.63) is 58.6 Å². The fourth-order valence-corrected chi connectivity index (χ4v) is 3.44. The van der Waals surface area contributed by atoms with Crippen LogP contribution in [0.1, 0.15) is 30.9 Å². The van der Waals surface area contributed by atoms with E-state index < -0.39 is 11.9 Å². The number of carboxylic acid groups (broad SMARTS) is 1. The van der Waals surface area contributed by atoms with Gasteiger partial charge >= 0.3 is 5.97 Å². The van der Waals surface area contributed by atoms with Crippen LogP contribution in [0, 0.1) is 6.92 Å². The highest BCUT2D eigenvalue weighted by Gasteiger charge is 2.26. The van der Waals surface area contributed by atoms with E-state index in [2.05, 4.69) is 35.8 Å². The van der Waals surface area contributed by atoms with E-state index in [0.717, 1.165) is 34.3 Å². The summed E-state index contributed by atoms with van der Waals surface area (Å²) < 4.78 is 2.17. The maximum Gasteiger partial charge on any atom is 0.310 e. The Balaban J connectivity index is 2.42. The first-order valence-electron chi connectivity index (χ1n) is 8.05. The van der Waals surface area contributed by atoms with Crippen molar-refractivity contribution in [2.75, 3.05) is 0 Å². The van der Waals surface area contributed by atoms with Gasteiger partial charge in [0, 0.05) is 22.5 Å². The number of nitrogens with zero attached hydrogens (tertiary/aromatic N) is 1. The van der Waals surface area contributed by atoms with Gasteiger partial charge in [0.15, 0.2) is 0 Å². The summed E-state index contributed by atoms with van der Waals surface area (Å²) in [6.45, 7) is 6.60. The summed E-state index contributed by atoms with van der Waals surface area (Å²) >= 11 is 6.19. The number of aryl methyl sites for hydroxylation is 2. The Hall–Kier alpha value is -2.26. The third kappa shape index (κ3) is 2.69. The Labute approximate surface area is 146 Å². The van der Waals surface area contributed by atoms with E-state index in [1.807, 2.05) is 25.1 Å². The highest BCUT2D eigenvalue weighted by Crippen LogP contribution is 2.39. The van der Waals surface area contributed by atoms with Crippen molar-refractivity contribution in [1.82, 2.24) is 4.57 Å². The summed E-state index contributed by atoms with van der Waals surface area (Å²) in [6.07, 6.45) is 0. The van der Waals surface area contributed by atoms with Gasteiger partial charge in [-0.2, -0.15) is 0 Å². The first kappa shape index (κ1) is 16.6. The average Bonchev–Trinajstić information content (AvgIpc) is 2.87. The zero-order valence-corrected chi connectivity index (χ0v) is 14.8. The van der Waals surface area contributed by atoms with Crippen LogP contribution in [0.3, 0.4) is 0 Å². The van der Waals surface area contributed by atoms with Gasteiger partial charge < -0.3 is 9.67 Å². The molecule has 24 heavy (non-hydrogen) atoms. The molecule has 0 saturated carbocycles. The van der Waals surface area contributed by atoms with Crippen molar-refractivity contribution in [3.8, 4) is 11.3 Å². The van der Waals surface area contributed by atoms with Crippen molar-refractivity contribution in [3.63, 3.8) is 0 Å². The molecule has 0 aliphatic heterocycles. The molecule has 0 spiro atoms. The smallest absolute Gasteiger partial charge is 0.310 e. The molecule has 3 aromatic rings. The molecule has 3 nitrogen and oxygen atoms in total. The quantitative estimate of drug-likeness (QED) is 0.682. The Bertz CT molecular complexity index is 910. The van der Waals surface area contributed by atoms with Gasteiger partial charge in [0.05, 0.1) is 11.6 Å². The first-order chi connectivity index (χ1) is 11.4. The predicted octanol–water partition coefficient (Wildman–Crippen LogP) is 5.48. The normalized spacial score (nSPS) is 12.5. The van der Waals surface area contributed by atoms with Crippen molar-refractivity contribution >= 4 is 28.5 Å². The number of rotatable bonds is 4. The van der Waals surface area contributed by atoms with Crippen molar-refractivity contribution < 1.29 is 9.90 Å². The Kier molecular flexibility index (Phi) is 4.37. The highest BCUT2D eigenvalue weighted by molar-refractivity contribution is 6.31. The molecule has 2 aromatic carbocycles. The number of aromatic nitrogens is 1. The molecular weight excluding hydrogens is 322 g/mol. The Morgan fingerprint density at radius 2 is 1.88 bits per heavy atom. The van der Waals surface area contributed by atoms with Crippen molar-refractivity contribution in [2.45, 2.75) is 33.2 Å².